The lowest BCUT2D eigenvalue weighted by Gasteiger charge is -2.23. The van der Waals surface area contributed by atoms with Crippen molar-refractivity contribution >= 4 is 21.8 Å². The third kappa shape index (κ3) is 4.62. The van der Waals surface area contributed by atoms with Crippen molar-refractivity contribution in [1.29, 1.82) is 0 Å². The average molecular weight is 366 g/mol. The third-order valence-electron chi connectivity index (χ3n) is 3.37. The number of nitrogens with one attached hydrogen (secondary N) is 1. The SMILES string of the molecule is O=C(NC1CCCCC1)c1c(Br)cccc1OC(F)(F)F. The summed E-state index contributed by atoms with van der Waals surface area (Å²) >= 11 is 3.11. The molecule has 1 aliphatic carbocycles. The van der Waals surface area contributed by atoms with E-state index in [0.29, 0.717) is 0 Å². The summed E-state index contributed by atoms with van der Waals surface area (Å²) in [5.41, 5.74) is -0.125. The maximum Gasteiger partial charge on any atom is 0.573 e. The number of amides is 1. The zero-order valence-corrected chi connectivity index (χ0v) is 12.8. The minimum Gasteiger partial charge on any atom is -0.405 e. The monoisotopic (exact) mass is 365 g/mol. The molecule has 3 nitrogen and oxygen atoms in total. The van der Waals surface area contributed by atoms with Crippen LogP contribution in [0.15, 0.2) is 22.7 Å². The molecule has 0 radical (unpaired) electrons. The van der Waals surface area contributed by atoms with Gasteiger partial charge in [0.1, 0.15) is 5.75 Å². The van der Waals surface area contributed by atoms with Crippen molar-refractivity contribution in [1.82, 2.24) is 5.32 Å². The van der Waals surface area contributed by atoms with Gasteiger partial charge in [0.25, 0.3) is 5.91 Å². The summed E-state index contributed by atoms with van der Waals surface area (Å²) in [6.07, 6.45) is 0.0431. The summed E-state index contributed by atoms with van der Waals surface area (Å²) in [7, 11) is 0. The van der Waals surface area contributed by atoms with Gasteiger partial charge in [-0.15, -0.1) is 13.2 Å². The second kappa shape index (κ2) is 6.68. The van der Waals surface area contributed by atoms with E-state index in [0.717, 1.165) is 38.2 Å². The van der Waals surface area contributed by atoms with E-state index in [1.54, 1.807) is 0 Å². The molecule has 7 heteroatoms. The van der Waals surface area contributed by atoms with Gasteiger partial charge in [-0.25, -0.2) is 0 Å². The second-order valence-corrected chi connectivity index (χ2v) is 5.82. The third-order valence-corrected chi connectivity index (χ3v) is 4.03. The lowest BCUT2D eigenvalue weighted by atomic mass is 9.95. The number of hydrogen-bond acceptors (Lipinski definition) is 2. The normalized spacial score (nSPS) is 16.6. The molecule has 116 valence electrons. The molecule has 0 spiro atoms. The first kappa shape index (κ1) is 16.1. The van der Waals surface area contributed by atoms with Crippen LogP contribution in [-0.2, 0) is 0 Å². The van der Waals surface area contributed by atoms with Crippen molar-refractivity contribution in [3.05, 3.63) is 28.2 Å². The fourth-order valence-corrected chi connectivity index (χ4v) is 2.97. The van der Waals surface area contributed by atoms with Gasteiger partial charge in [0.15, 0.2) is 0 Å². The predicted molar refractivity (Wildman–Crippen MR) is 75.2 cm³/mol. The molecule has 0 atom stereocenters. The number of ether oxygens (including phenoxy) is 1. The van der Waals surface area contributed by atoms with E-state index in [2.05, 4.69) is 26.0 Å². The van der Waals surface area contributed by atoms with E-state index in [1.807, 2.05) is 0 Å². The smallest absolute Gasteiger partial charge is 0.405 e. The number of alkyl halides is 3. The molecule has 0 saturated heterocycles. The molecule has 1 N–H and O–H groups in total. The van der Waals surface area contributed by atoms with Gasteiger partial charge in [-0.3, -0.25) is 4.79 Å². The summed E-state index contributed by atoms with van der Waals surface area (Å²) in [6.45, 7) is 0. The van der Waals surface area contributed by atoms with E-state index >= 15 is 0 Å². The Kier molecular flexibility index (Phi) is 5.13. The lowest BCUT2D eigenvalue weighted by Crippen LogP contribution is -2.36. The van der Waals surface area contributed by atoms with Gasteiger partial charge in [-0.2, -0.15) is 0 Å². The van der Waals surface area contributed by atoms with Crippen LogP contribution in [0, 0.1) is 0 Å². The molecule has 0 aliphatic heterocycles. The summed E-state index contributed by atoms with van der Waals surface area (Å²) in [6, 6.07) is 4.05. The number of halogens is 4. The number of hydrogen-bond donors (Lipinski definition) is 1. The van der Waals surface area contributed by atoms with Crippen LogP contribution in [0.25, 0.3) is 0 Å². The molecule has 0 heterocycles. The topological polar surface area (TPSA) is 38.3 Å². The van der Waals surface area contributed by atoms with Gasteiger partial charge in [0.05, 0.1) is 5.56 Å². The lowest BCUT2D eigenvalue weighted by molar-refractivity contribution is -0.274. The quantitative estimate of drug-likeness (QED) is 0.861. The molecule has 1 aromatic rings. The van der Waals surface area contributed by atoms with Crippen LogP contribution in [0.5, 0.6) is 5.75 Å². The molecule has 1 amide bonds. The fourth-order valence-electron chi connectivity index (χ4n) is 2.44. The van der Waals surface area contributed by atoms with Crippen LogP contribution in [-0.4, -0.2) is 18.3 Å². The van der Waals surface area contributed by atoms with Crippen molar-refractivity contribution in [2.75, 3.05) is 0 Å². The molecule has 1 aromatic carbocycles. The number of rotatable bonds is 3. The summed E-state index contributed by atoms with van der Waals surface area (Å²) < 4.78 is 41.4. The first-order valence-corrected chi connectivity index (χ1v) is 7.51. The maximum absolute atomic E-state index is 12.4. The highest BCUT2D eigenvalue weighted by Gasteiger charge is 2.33. The Morgan fingerprint density at radius 1 is 1.24 bits per heavy atom. The van der Waals surface area contributed by atoms with Crippen LogP contribution < -0.4 is 10.1 Å². The maximum atomic E-state index is 12.4. The van der Waals surface area contributed by atoms with Crippen molar-refractivity contribution < 1.29 is 22.7 Å². The first-order chi connectivity index (χ1) is 9.87. The summed E-state index contributed by atoms with van der Waals surface area (Å²) in [5, 5.41) is 2.79. The highest BCUT2D eigenvalue weighted by atomic mass is 79.9. The van der Waals surface area contributed by atoms with Gasteiger partial charge in [-0.05, 0) is 40.9 Å². The largest absolute Gasteiger partial charge is 0.573 e. The molecule has 0 bridgehead atoms. The van der Waals surface area contributed by atoms with E-state index in [1.165, 1.54) is 12.1 Å². The van der Waals surface area contributed by atoms with Gasteiger partial charge < -0.3 is 10.1 Å². The molecule has 21 heavy (non-hydrogen) atoms. The van der Waals surface area contributed by atoms with E-state index in [-0.39, 0.29) is 16.1 Å². The van der Waals surface area contributed by atoms with Crippen LogP contribution in [0.4, 0.5) is 13.2 Å². The number of benzene rings is 1. The predicted octanol–water partition coefficient (Wildman–Crippen LogP) is 4.41. The Balaban J connectivity index is 2.18. The van der Waals surface area contributed by atoms with Gasteiger partial charge in [-0.1, -0.05) is 25.3 Å². The summed E-state index contributed by atoms with van der Waals surface area (Å²) in [5.74, 6) is -1.04. The standard InChI is InChI=1S/C14H15BrF3NO2/c15-10-7-4-8-11(21-14(16,17)18)12(10)13(20)19-9-5-2-1-3-6-9/h4,7-9H,1-3,5-6H2,(H,19,20). The Hall–Kier alpha value is -1.24. The fraction of sp³-hybridized carbons (Fsp3) is 0.500. The molecular weight excluding hydrogens is 351 g/mol. The molecule has 1 aliphatic rings. The molecular formula is C14H15BrF3NO2. The van der Waals surface area contributed by atoms with Gasteiger partial charge in [0.2, 0.25) is 0 Å². The molecule has 1 fully saturated rings. The zero-order chi connectivity index (χ0) is 15.5. The minimum atomic E-state index is -4.83. The molecule has 0 aromatic heterocycles. The Bertz CT molecular complexity index is 513. The Labute approximate surface area is 129 Å². The number of carbonyl (C=O) groups is 1. The first-order valence-electron chi connectivity index (χ1n) is 6.72. The van der Waals surface area contributed by atoms with E-state index in [4.69, 9.17) is 0 Å². The van der Waals surface area contributed by atoms with Gasteiger partial charge in [0, 0.05) is 10.5 Å². The van der Waals surface area contributed by atoms with Gasteiger partial charge >= 0.3 is 6.36 Å². The van der Waals surface area contributed by atoms with Crippen LogP contribution in [0.3, 0.4) is 0 Å². The zero-order valence-electron chi connectivity index (χ0n) is 11.2. The minimum absolute atomic E-state index is 0.0112. The second-order valence-electron chi connectivity index (χ2n) is 4.97. The van der Waals surface area contributed by atoms with Crippen LogP contribution in [0.2, 0.25) is 0 Å². The Morgan fingerprint density at radius 2 is 1.90 bits per heavy atom. The van der Waals surface area contributed by atoms with Crippen molar-refractivity contribution in [3.8, 4) is 5.75 Å². The van der Waals surface area contributed by atoms with E-state index in [9.17, 15) is 18.0 Å². The highest BCUT2D eigenvalue weighted by Crippen LogP contribution is 2.31. The van der Waals surface area contributed by atoms with Crippen LogP contribution in [0.1, 0.15) is 42.5 Å². The highest BCUT2D eigenvalue weighted by molar-refractivity contribution is 9.10. The van der Waals surface area contributed by atoms with Crippen LogP contribution >= 0.6 is 15.9 Å². The van der Waals surface area contributed by atoms with Crippen molar-refractivity contribution in [2.24, 2.45) is 0 Å². The van der Waals surface area contributed by atoms with Crippen molar-refractivity contribution in [3.63, 3.8) is 0 Å². The summed E-state index contributed by atoms with van der Waals surface area (Å²) in [4.78, 5) is 12.3. The molecule has 1 saturated carbocycles. The van der Waals surface area contributed by atoms with E-state index < -0.39 is 18.0 Å². The van der Waals surface area contributed by atoms with Crippen molar-refractivity contribution in [2.45, 2.75) is 44.5 Å². The Morgan fingerprint density at radius 3 is 2.52 bits per heavy atom. The average Bonchev–Trinajstić information content (AvgIpc) is 2.37. The molecule has 0 unspecified atom stereocenters. The number of carbonyl (C=O) groups excluding carboxylic acids is 1. The molecule has 2 rings (SSSR count).